The second kappa shape index (κ2) is 10.1. The van der Waals surface area contributed by atoms with Crippen LogP contribution in [0.2, 0.25) is 0 Å². The van der Waals surface area contributed by atoms with E-state index in [1.807, 2.05) is 54.6 Å². The van der Waals surface area contributed by atoms with Crippen molar-refractivity contribution in [2.45, 2.75) is 33.7 Å². The minimum Gasteiger partial charge on any atom is -0.464 e. The maximum atomic E-state index is 12.6. The first-order chi connectivity index (χ1) is 16.4. The number of anilines is 3. The number of aromatic nitrogens is 3. The van der Waals surface area contributed by atoms with Crippen LogP contribution in [0.5, 0.6) is 0 Å². The third-order valence-corrected chi connectivity index (χ3v) is 6.13. The molecule has 4 rings (SSSR count). The van der Waals surface area contributed by atoms with E-state index in [1.54, 1.807) is 13.1 Å². The first kappa shape index (κ1) is 23.5. The van der Waals surface area contributed by atoms with E-state index in [9.17, 15) is 9.59 Å². The number of nitrogens with zero attached hydrogens (tertiary/aromatic N) is 5. The second-order valence-electron chi connectivity index (χ2n) is 8.80. The third kappa shape index (κ3) is 4.98. The Hall–Kier alpha value is -3.62. The van der Waals surface area contributed by atoms with Crippen LogP contribution in [-0.4, -0.2) is 64.1 Å². The van der Waals surface area contributed by atoms with E-state index < -0.39 is 6.04 Å². The monoisotopic (exact) mass is 464 g/mol. The summed E-state index contributed by atoms with van der Waals surface area (Å²) in [5, 5.41) is 4.13. The lowest BCUT2D eigenvalue weighted by molar-refractivity contribution is -0.148. The van der Waals surface area contributed by atoms with Crippen molar-refractivity contribution in [3.63, 3.8) is 0 Å². The van der Waals surface area contributed by atoms with E-state index in [4.69, 9.17) is 9.72 Å². The molecule has 9 nitrogen and oxygen atoms in total. The molecule has 180 valence electrons. The highest BCUT2D eigenvalue weighted by atomic mass is 16.5. The van der Waals surface area contributed by atoms with Crippen molar-refractivity contribution < 1.29 is 14.3 Å². The van der Waals surface area contributed by atoms with E-state index >= 15 is 0 Å². The van der Waals surface area contributed by atoms with Gasteiger partial charge in [0.05, 0.1) is 6.61 Å². The van der Waals surface area contributed by atoms with Crippen molar-refractivity contribution in [2.24, 2.45) is 5.92 Å². The molecule has 3 aromatic rings. The predicted molar refractivity (Wildman–Crippen MR) is 132 cm³/mol. The quantitative estimate of drug-likeness (QED) is 0.534. The molecule has 1 aromatic carbocycles. The largest absolute Gasteiger partial charge is 0.464 e. The minimum atomic E-state index is -0.456. The number of carbonyl (C=O) groups is 2. The number of benzene rings is 1. The van der Waals surface area contributed by atoms with Gasteiger partial charge < -0.3 is 24.4 Å². The molecule has 0 spiro atoms. The molecular weight excluding hydrogens is 432 g/mol. The summed E-state index contributed by atoms with van der Waals surface area (Å²) in [6.07, 6.45) is 3.62. The zero-order valence-corrected chi connectivity index (χ0v) is 20.2. The lowest BCUT2D eigenvalue weighted by Gasteiger charge is -2.35. The zero-order valence-electron chi connectivity index (χ0n) is 20.2. The normalized spacial score (nSPS) is 15.0. The number of amides is 1. The van der Waals surface area contributed by atoms with Crippen molar-refractivity contribution in [1.29, 1.82) is 0 Å². The van der Waals surface area contributed by atoms with E-state index in [0.29, 0.717) is 18.2 Å². The van der Waals surface area contributed by atoms with Crippen LogP contribution in [0.25, 0.3) is 11.0 Å². The van der Waals surface area contributed by atoms with Gasteiger partial charge in [-0.15, -0.1) is 0 Å². The van der Waals surface area contributed by atoms with E-state index in [2.05, 4.69) is 27.3 Å². The molecule has 0 radical (unpaired) electrons. The summed E-state index contributed by atoms with van der Waals surface area (Å²) in [5.74, 6) is 0.375. The smallest absolute Gasteiger partial charge is 0.329 e. The van der Waals surface area contributed by atoms with Crippen LogP contribution in [-0.2, 0) is 14.3 Å². The number of rotatable bonds is 7. The highest BCUT2D eigenvalue weighted by molar-refractivity contribution is 5.81. The van der Waals surface area contributed by atoms with Crippen LogP contribution < -0.4 is 10.2 Å². The topological polar surface area (TPSA) is 92.6 Å². The van der Waals surface area contributed by atoms with Gasteiger partial charge in [0.25, 0.3) is 0 Å². The van der Waals surface area contributed by atoms with Crippen LogP contribution in [0.1, 0.15) is 33.7 Å². The standard InChI is InChI=1S/C25H32N6O3/c1-5-34-24(33)22(17(2)3)31-11-10-19-16-26-25(28-23(19)31)27-20-6-8-21(9-7-20)30-14-12-29(13-15-30)18(4)32/h6-11,16-17,22H,5,12-15H2,1-4H3,(H,26,27,28). The molecule has 1 aliphatic rings. The SMILES string of the molecule is CCOC(=O)C(C(C)C)n1ccc2cnc(Nc3ccc(N4CCN(C(C)=O)CC4)cc3)nc21. The molecule has 1 amide bonds. The number of hydrogen-bond acceptors (Lipinski definition) is 7. The van der Waals surface area contributed by atoms with Crippen molar-refractivity contribution in [3.8, 4) is 0 Å². The lowest BCUT2D eigenvalue weighted by Crippen LogP contribution is -2.48. The average molecular weight is 465 g/mol. The van der Waals surface area contributed by atoms with Gasteiger partial charge in [0.15, 0.2) is 0 Å². The van der Waals surface area contributed by atoms with Crippen molar-refractivity contribution in [2.75, 3.05) is 43.0 Å². The first-order valence-electron chi connectivity index (χ1n) is 11.7. The summed E-state index contributed by atoms with van der Waals surface area (Å²) in [6.45, 7) is 10.9. The molecule has 0 bridgehead atoms. The summed E-state index contributed by atoms with van der Waals surface area (Å²) in [4.78, 5) is 37.4. The molecule has 0 saturated carbocycles. The molecule has 0 aliphatic carbocycles. The van der Waals surface area contributed by atoms with E-state index in [-0.39, 0.29) is 17.8 Å². The molecule has 34 heavy (non-hydrogen) atoms. The number of nitrogens with one attached hydrogen (secondary N) is 1. The fourth-order valence-corrected chi connectivity index (χ4v) is 4.32. The third-order valence-electron chi connectivity index (χ3n) is 6.13. The molecule has 1 unspecified atom stereocenters. The van der Waals surface area contributed by atoms with Gasteiger partial charge in [-0.1, -0.05) is 13.8 Å². The number of esters is 1. The second-order valence-corrected chi connectivity index (χ2v) is 8.80. The summed E-state index contributed by atoms with van der Waals surface area (Å²) in [6, 6.07) is 9.56. The zero-order chi connectivity index (χ0) is 24.2. The van der Waals surface area contributed by atoms with Gasteiger partial charge in [-0.05, 0) is 43.2 Å². The number of fused-ring (bicyclic) bond motifs is 1. The van der Waals surface area contributed by atoms with Gasteiger partial charge in [0.2, 0.25) is 11.9 Å². The van der Waals surface area contributed by atoms with Crippen molar-refractivity contribution in [1.82, 2.24) is 19.4 Å². The molecule has 1 fully saturated rings. The van der Waals surface area contributed by atoms with Gasteiger partial charge in [0.1, 0.15) is 11.7 Å². The molecule has 2 aromatic heterocycles. The van der Waals surface area contributed by atoms with Crippen molar-refractivity contribution >= 4 is 40.2 Å². The predicted octanol–water partition coefficient (Wildman–Crippen LogP) is 3.60. The molecule has 9 heteroatoms. The molecule has 3 heterocycles. The molecule has 1 aliphatic heterocycles. The summed E-state index contributed by atoms with van der Waals surface area (Å²) >= 11 is 0. The average Bonchev–Trinajstić information content (AvgIpc) is 3.22. The Morgan fingerprint density at radius 1 is 1.09 bits per heavy atom. The molecule has 1 saturated heterocycles. The Morgan fingerprint density at radius 2 is 1.79 bits per heavy atom. The minimum absolute atomic E-state index is 0.0471. The van der Waals surface area contributed by atoms with Gasteiger partial charge >= 0.3 is 5.97 Å². The molecular formula is C25H32N6O3. The van der Waals surface area contributed by atoms with Gasteiger partial charge in [-0.3, -0.25) is 4.79 Å². The Balaban J connectivity index is 1.50. The lowest BCUT2D eigenvalue weighted by atomic mass is 10.0. The summed E-state index contributed by atoms with van der Waals surface area (Å²) in [7, 11) is 0. The maximum absolute atomic E-state index is 12.6. The Kier molecular flexibility index (Phi) is 7.00. The van der Waals surface area contributed by atoms with Gasteiger partial charge in [-0.2, -0.15) is 4.98 Å². The van der Waals surface area contributed by atoms with E-state index in [1.165, 1.54) is 0 Å². The summed E-state index contributed by atoms with van der Waals surface area (Å²) in [5.41, 5.74) is 2.67. The fraction of sp³-hybridized carbons (Fsp3) is 0.440. The van der Waals surface area contributed by atoms with Gasteiger partial charge in [0, 0.05) is 62.3 Å². The molecule has 1 N–H and O–H groups in total. The maximum Gasteiger partial charge on any atom is 0.329 e. The number of ether oxygens (including phenoxy) is 1. The first-order valence-corrected chi connectivity index (χ1v) is 11.7. The Morgan fingerprint density at radius 3 is 2.41 bits per heavy atom. The number of hydrogen-bond donors (Lipinski definition) is 1. The van der Waals surface area contributed by atoms with E-state index in [0.717, 1.165) is 42.9 Å². The van der Waals surface area contributed by atoms with Crippen LogP contribution in [0.4, 0.5) is 17.3 Å². The number of carbonyl (C=O) groups excluding carboxylic acids is 2. The Bertz CT molecular complexity index is 1150. The molecule has 1 atom stereocenters. The Labute approximate surface area is 199 Å². The number of piperazine rings is 1. The van der Waals surface area contributed by atoms with Crippen LogP contribution in [0, 0.1) is 5.92 Å². The van der Waals surface area contributed by atoms with Crippen LogP contribution in [0.15, 0.2) is 42.7 Å². The van der Waals surface area contributed by atoms with Crippen molar-refractivity contribution in [3.05, 3.63) is 42.7 Å². The van der Waals surface area contributed by atoms with Crippen LogP contribution in [0.3, 0.4) is 0 Å². The highest BCUT2D eigenvalue weighted by Crippen LogP contribution is 2.27. The van der Waals surface area contributed by atoms with Gasteiger partial charge in [-0.25, -0.2) is 9.78 Å². The highest BCUT2D eigenvalue weighted by Gasteiger charge is 2.27. The summed E-state index contributed by atoms with van der Waals surface area (Å²) < 4.78 is 7.17. The fourth-order valence-electron chi connectivity index (χ4n) is 4.32. The van der Waals surface area contributed by atoms with Crippen LogP contribution >= 0.6 is 0 Å².